The molecular weight excluding hydrogens is 198 g/mol. The summed E-state index contributed by atoms with van der Waals surface area (Å²) in [7, 11) is 4.55. The van der Waals surface area contributed by atoms with E-state index in [0.29, 0.717) is 0 Å². The van der Waals surface area contributed by atoms with Gasteiger partial charge < -0.3 is 15.1 Å². The lowest BCUT2D eigenvalue weighted by molar-refractivity contribution is 0.109. The molecule has 2 fully saturated rings. The normalized spacial score (nSPS) is 27.0. The van der Waals surface area contributed by atoms with Crippen molar-refractivity contribution in [1.29, 1.82) is 0 Å². The van der Waals surface area contributed by atoms with Gasteiger partial charge in [-0.3, -0.25) is 0 Å². The van der Waals surface area contributed by atoms with Gasteiger partial charge in [0, 0.05) is 12.6 Å². The highest BCUT2D eigenvalue weighted by atomic mass is 15.2. The van der Waals surface area contributed by atoms with Gasteiger partial charge in [0.2, 0.25) is 0 Å². The van der Waals surface area contributed by atoms with Crippen LogP contribution in [0.15, 0.2) is 0 Å². The topological polar surface area (TPSA) is 18.5 Å². The summed E-state index contributed by atoms with van der Waals surface area (Å²) in [5.41, 5.74) is 0. The lowest BCUT2D eigenvalue weighted by Crippen LogP contribution is -2.50. The molecule has 0 saturated carbocycles. The quantitative estimate of drug-likeness (QED) is 0.766. The molecule has 0 aromatic heterocycles. The number of nitrogens with one attached hydrogen (secondary N) is 1. The summed E-state index contributed by atoms with van der Waals surface area (Å²) in [5, 5.41) is 3.38. The highest BCUT2D eigenvalue weighted by molar-refractivity contribution is 4.83. The molecule has 2 saturated heterocycles. The van der Waals surface area contributed by atoms with Gasteiger partial charge in [-0.2, -0.15) is 0 Å². The SMILES string of the molecule is CC(CN(C)C1CCN(C)CC1)C1CNC1. The van der Waals surface area contributed by atoms with E-state index in [9.17, 15) is 0 Å². The Labute approximate surface area is 100 Å². The van der Waals surface area contributed by atoms with Crippen LogP contribution in [0.5, 0.6) is 0 Å². The third kappa shape index (κ3) is 2.96. The van der Waals surface area contributed by atoms with Gasteiger partial charge in [-0.25, -0.2) is 0 Å². The number of hydrogen-bond acceptors (Lipinski definition) is 3. The van der Waals surface area contributed by atoms with Crippen molar-refractivity contribution in [3.05, 3.63) is 0 Å². The summed E-state index contributed by atoms with van der Waals surface area (Å²) in [4.78, 5) is 5.06. The maximum absolute atomic E-state index is 3.38. The molecule has 2 rings (SSSR count). The average Bonchev–Trinajstić information content (AvgIpc) is 2.15. The number of hydrogen-bond donors (Lipinski definition) is 1. The predicted molar refractivity (Wildman–Crippen MR) is 68.7 cm³/mol. The Morgan fingerprint density at radius 1 is 1.31 bits per heavy atom. The fourth-order valence-corrected chi connectivity index (χ4v) is 2.90. The molecule has 2 aliphatic rings. The summed E-state index contributed by atoms with van der Waals surface area (Å²) in [5.74, 6) is 1.78. The van der Waals surface area contributed by atoms with Gasteiger partial charge in [-0.15, -0.1) is 0 Å². The van der Waals surface area contributed by atoms with Crippen LogP contribution >= 0.6 is 0 Å². The zero-order valence-electron chi connectivity index (χ0n) is 11.1. The number of likely N-dealkylation sites (tertiary alicyclic amines) is 1. The zero-order chi connectivity index (χ0) is 11.5. The molecule has 0 aromatic rings. The first kappa shape index (κ1) is 12.3. The smallest absolute Gasteiger partial charge is 0.0117 e. The molecule has 0 aromatic carbocycles. The van der Waals surface area contributed by atoms with Gasteiger partial charge in [0.25, 0.3) is 0 Å². The van der Waals surface area contributed by atoms with Crippen molar-refractivity contribution in [2.24, 2.45) is 11.8 Å². The zero-order valence-corrected chi connectivity index (χ0v) is 11.1. The standard InChI is InChI=1S/C13H27N3/c1-11(12-8-14-9-12)10-16(3)13-4-6-15(2)7-5-13/h11-14H,4-10H2,1-3H3. The summed E-state index contributed by atoms with van der Waals surface area (Å²) in [6, 6.07) is 0.826. The minimum atomic E-state index is 0.826. The van der Waals surface area contributed by atoms with E-state index >= 15 is 0 Å². The first-order chi connectivity index (χ1) is 7.66. The molecule has 2 aliphatic heterocycles. The molecule has 0 spiro atoms. The maximum atomic E-state index is 3.38. The molecule has 1 N–H and O–H groups in total. The van der Waals surface area contributed by atoms with Crippen molar-refractivity contribution in [3.8, 4) is 0 Å². The highest BCUT2D eigenvalue weighted by Gasteiger charge is 2.27. The van der Waals surface area contributed by atoms with Gasteiger partial charge in [-0.05, 0) is 65.0 Å². The Bertz CT molecular complexity index is 207. The molecule has 0 aliphatic carbocycles. The van der Waals surface area contributed by atoms with Gasteiger partial charge in [0.1, 0.15) is 0 Å². The lowest BCUT2D eigenvalue weighted by Gasteiger charge is -2.39. The maximum Gasteiger partial charge on any atom is 0.0117 e. The van der Waals surface area contributed by atoms with Crippen LogP contribution in [0.25, 0.3) is 0 Å². The van der Waals surface area contributed by atoms with Crippen molar-refractivity contribution in [2.45, 2.75) is 25.8 Å². The minimum Gasteiger partial charge on any atom is -0.316 e. The summed E-state index contributed by atoms with van der Waals surface area (Å²) < 4.78 is 0. The third-order valence-electron chi connectivity index (χ3n) is 4.51. The Morgan fingerprint density at radius 2 is 1.94 bits per heavy atom. The van der Waals surface area contributed by atoms with Crippen LogP contribution in [-0.2, 0) is 0 Å². The van der Waals surface area contributed by atoms with E-state index < -0.39 is 0 Å². The van der Waals surface area contributed by atoms with E-state index in [1.165, 1.54) is 45.6 Å². The van der Waals surface area contributed by atoms with E-state index in [0.717, 1.165) is 17.9 Å². The number of piperidine rings is 1. The molecule has 0 radical (unpaired) electrons. The molecule has 1 unspecified atom stereocenters. The predicted octanol–water partition coefficient (Wildman–Crippen LogP) is 0.868. The Hall–Kier alpha value is -0.120. The second kappa shape index (κ2) is 5.48. The van der Waals surface area contributed by atoms with Crippen LogP contribution in [0.3, 0.4) is 0 Å². The third-order valence-corrected chi connectivity index (χ3v) is 4.51. The number of rotatable bonds is 4. The van der Waals surface area contributed by atoms with E-state index in [1.54, 1.807) is 0 Å². The van der Waals surface area contributed by atoms with Crippen molar-refractivity contribution in [2.75, 3.05) is 46.8 Å². The molecule has 16 heavy (non-hydrogen) atoms. The average molecular weight is 225 g/mol. The molecular formula is C13H27N3. The van der Waals surface area contributed by atoms with Crippen LogP contribution in [0.1, 0.15) is 19.8 Å². The van der Waals surface area contributed by atoms with E-state index in [4.69, 9.17) is 0 Å². The first-order valence-corrected chi connectivity index (χ1v) is 6.76. The summed E-state index contributed by atoms with van der Waals surface area (Å²) >= 11 is 0. The van der Waals surface area contributed by atoms with E-state index in [-0.39, 0.29) is 0 Å². The second-order valence-corrected chi connectivity index (χ2v) is 5.87. The summed E-state index contributed by atoms with van der Waals surface area (Å²) in [6.45, 7) is 8.71. The summed E-state index contributed by atoms with van der Waals surface area (Å²) in [6.07, 6.45) is 2.70. The van der Waals surface area contributed by atoms with E-state index in [1.807, 2.05) is 0 Å². The van der Waals surface area contributed by atoms with Crippen LogP contribution < -0.4 is 5.32 Å². The molecule has 0 bridgehead atoms. The van der Waals surface area contributed by atoms with Gasteiger partial charge in [0.05, 0.1) is 0 Å². The molecule has 2 heterocycles. The fourth-order valence-electron chi connectivity index (χ4n) is 2.90. The lowest BCUT2D eigenvalue weighted by atomic mass is 9.88. The number of nitrogens with zero attached hydrogens (tertiary/aromatic N) is 2. The fraction of sp³-hybridized carbons (Fsp3) is 1.00. The van der Waals surface area contributed by atoms with Crippen molar-refractivity contribution < 1.29 is 0 Å². The van der Waals surface area contributed by atoms with Crippen LogP contribution in [0, 0.1) is 11.8 Å². The first-order valence-electron chi connectivity index (χ1n) is 6.76. The van der Waals surface area contributed by atoms with Crippen LogP contribution in [-0.4, -0.2) is 62.7 Å². The Balaban J connectivity index is 1.72. The highest BCUT2D eigenvalue weighted by Crippen LogP contribution is 2.20. The Kier molecular flexibility index (Phi) is 4.22. The molecule has 3 heteroatoms. The van der Waals surface area contributed by atoms with Gasteiger partial charge >= 0.3 is 0 Å². The van der Waals surface area contributed by atoms with Gasteiger partial charge in [-0.1, -0.05) is 6.92 Å². The van der Waals surface area contributed by atoms with Crippen LogP contribution in [0.2, 0.25) is 0 Å². The van der Waals surface area contributed by atoms with Crippen molar-refractivity contribution in [3.63, 3.8) is 0 Å². The Morgan fingerprint density at radius 3 is 2.44 bits per heavy atom. The molecule has 3 nitrogen and oxygen atoms in total. The largest absolute Gasteiger partial charge is 0.316 e. The van der Waals surface area contributed by atoms with Crippen LogP contribution in [0.4, 0.5) is 0 Å². The van der Waals surface area contributed by atoms with E-state index in [2.05, 4.69) is 36.1 Å². The monoisotopic (exact) mass is 225 g/mol. The van der Waals surface area contributed by atoms with Crippen molar-refractivity contribution >= 4 is 0 Å². The van der Waals surface area contributed by atoms with Crippen molar-refractivity contribution in [1.82, 2.24) is 15.1 Å². The second-order valence-electron chi connectivity index (χ2n) is 5.87. The minimum absolute atomic E-state index is 0.826. The molecule has 1 atom stereocenters. The molecule has 0 amide bonds. The van der Waals surface area contributed by atoms with Gasteiger partial charge in [0.15, 0.2) is 0 Å². The molecule has 94 valence electrons.